The van der Waals surface area contributed by atoms with Gasteiger partial charge >= 0.3 is 0 Å². The number of carbonyl (C=O) groups is 1. The van der Waals surface area contributed by atoms with Crippen LogP contribution in [0.5, 0.6) is 0 Å². The van der Waals surface area contributed by atoms with Crippen LogP contribution in [0.3, 0.4) is 0 Å². The number of fused-ring (bicyclic) bond motifs is 1. The highest BCUT2D eigenvalue weighted by atomic mass is 32.1. The average Bonchev–Trinajstić information content (AvgIpc) is 2.83. The van der Waals surface area contributed by atoms with Crippen molar-refractivity contribution in [2.45, 2.75) is 51.0 Å². The Morgan fingerprint density at radius 2 is 2.32 bits per heavy atom. The maximum Gasteiger partial charge on any atom is 0.221 e. The highest BCUT2D eigenvalue weighted by Gasteiger charge is 2.38. The summed E-state index contributed by atoms with van der Waals surface area (Å²) in [6, 6.07) is 2.41. The number of hydrogen-bond acceptors (Lipinski definition) is 3. The normalized spacial score (nSPS) is 24.4. The van der Waals surface area contributed by atoms with Crippen LogP contribution in [0.25, 0.3) is 0 Å². The van der Waals surface area contributed by atoms with Gasteiger partial charge < -0.3 is 11.1 Å². The van der Waals surface area contributed by atoms with Crippen LogP contribution in [0.4, 0.5) is 0 Å². The van der Waals surface area contributed by atoms with Gasteiger partial charge in [-0.05, 0) is 61.1 Å². The second kappa shape index (κ2) is 5.25. The van der Waals surface area contributed by atoms with Gasteiger partial charge in [-0.3, -0.25) is 4.79 Å². The fourth-order valence-corrected chi connectivity index (χ4v) is 4.34. The zero-order chi connectivity index (χ0) is 13.3. The lowest BCUT2D eigenvalue weighted by atomic mass is 9.66. The van der Waals surface area contributed by atoms with Gasteiger partial charge in [0.25, 0.3) is 0 Å². The first-order valence-electron chi connectivity index (χ1n) is 7.28. The number of amides is 1. The van der Waals surface area contributed by atoms with E-state index in [1.54, 1.807) is 0 Å². The molecule has 1 unspecified atom stereocenters. The van der Waals surface area contributed by atoms with Crippen molar-refractivity contribution in [1.29, 1.82) is 0 Å². The van der Waals surface area contributed by atoms with Crippen molar-refractivity contribution in [3.05, 3.63) is 21.9 Å². The molecule has 0 aromatic carbocycles. The van der Waals surface area contributed by atoms with Crippen molar-refractivity contribution in [2.75, 3.05) is 6.54 Å². The number of nitrogens with one attached hydrogen (secondary N) is 1. The standard InChI is InChI=1S/C15H22N2OS/c16-10-15(6-2-7-15)9-14(18)17-12-3-1-4-13-11(12)5-8-19-13/h5,8,12H,1-4,6-7,9-10,16H2,(H,17,18). The van der Waals surface area contributed by atoms with E-state index in [0.29, 0.717) is 13.0 Å². The van der Waals surface area contributed by atoms with Crippen molar-refractivity contribution in [2.24, 2.45) is 11.1 Å². The summed E-state index contributed by atoms with van der Waals surface area (Å²) in [6.07, 6.45) is 7.50. The molecule has 2 aliphatic rings. The fourth-order valence-electron chi connectivity index (χ4n) is 3.35. The van der Waals surface area contributed by atoms with Gasteiger partial charge in [0.05, 0.1) is 6.04 Å². The fraction of sp³-hybridized carbons (Fsp3) is 0.667. The molecule has 4 heteroatoms. The maximum atomic E-state index is 12.2. The monoisotopic (exact) mass is 278 g/mol. The molecule has 1 amide bonds. The van der Waals surface area contributed by atoms with Crippen molar-refractivity contribution in [3.63, 3.8) is 0 Å². The SMILES string of the molecule is NCC1(CC(=O)NC2CCCc3sccc32)CCC1. The maximum absolute atomic E-state index is 12.2. The zero-order valence-electron chi connectivity index (χ0n) is 11.3. The summed E-state index contributed by atoms with van der Waals surface area (Å²) >= 11 is 1.82. The summed E-state index contributed by atoms with van der Waals surface area (Å²) in [5.74, 6) is 0.189. The van der Waals surface area contributed by atoms with Crippen molar-refractivity contribution < 1.29 is 4.79 Å². The molecule has 3 N–H and O–H groups in total. The predicted octanol–water partition coefficient (Wildman–Crippen LogP) is 2.76. The molecule has 2 aliphatic carbocycles. The van der Waals surface area contributed by atoms with Crippen LogP contribution >= 0.6 is 11.3 Å². The lowest BCUT2D eigenvalue weighted by molar-refractivity contribution is -0.125. The molecule has 1 aromatic rings. The third-order valence-electron chi connectivity index (χ3n) is 4.77. The number of aryl methyl sites for hydroxylation is 1. The minimum absolute atomic E-state index is 0.107. The quantitative estimate of drug-likeness (QED) is 0.890. The Morgan fingerprint density at radius 1 is 1.47 bits per heavy atom. The van der Waals surface area contributed by atoms with Crippen LogP contribution in [-0.4, -0.2) is 12.5 Å². The van der Waals surface area contributed by atoms with Crippen molar-refractivity contribution in [1.82, 2.24) is 5.32 Å². The average molecular weight is 278 g/mol. The molecule has 1 aromatic heterocycles. The Balaban J connectivity index is 1.62. The summed E-state index contributed by atoms with van der Waals surface area (Å²) in [5, 5.41) is 5.37. The molecule has 0 saturated heterocycles. The van der Waals surface area contributed by atoms with Gasteiger partial charge in [0.2, 0.25) is 5.91 Å². The Morgan fingerprint density at radius 3 is 3.00 bits per heavy atom. The van der Waals surface area contributed by atoms with E-state index in [1.165, 1.54) is 29.7 Å². The van der Waals surface area contributed by atoms with Crippen LogP contribution in [0.1, 0.15) is 55.0 Å². The number of carbonyl (C=O) groups excluding carboxylic acids is 1. The summed E-state index contributed by atoms with van der Waals surface area (Å²) in [4.78, 5) is 13.7. The minimum Gasteiger partial charge on any atom is -0.349 e. The summed E-state index contributed by atoms with van der Waals surface area (Å²) in [7, 11) is 0. The Bertz CT molecular complexity index is 459. The van der Waals surface area contributed by atoms with Gasteiger partial charge in [-0.1, -0.05) is 6.42 Å². The molecule has 0 bridgehead atoms. The number of thiophene rings is 1. The van der Waals surface area contributed by atoms with E-state index < -0.39 is 0 Å². The first-order chi connectivity index (χ1) is 9.22. The molecule has 3 rings (SSSR count). The van der Waals surface area contributed by atoms with Crippen LogP contribution in [0, 0.1) is 5.41 Å². The summed E-state index contributed by atoms with van der Waals surface area (Å²) in [5.41, 5.74) is 7.29. The van der Waals surface area contributed by atoms with Crippen LogP contribution in [0.15, 0.2) is 11.4 Å². The predicted molar refractivity (Wildman–Crippen MR) is 78.1 cm³/mol. The summed E-state index contributed by atoms with van der Waals surface area (Å²) < 4.78 is 0. The molecule has 1 saturated carbocycles. The number of nitrogens with two attached hydrogens (primary N) is 1. The van der Waals surface area contributed by atoms with Crippen molar-refractivity contribution >= 4 is 17.2 Å². The van der Waals surface area contributed by atoms with Gasteiger partial charge in [-0.2, -0.15) is 0 Å². The van der Waals surface area contributed by atoms with Crippen LogP contribution < -0.4 is 11.1 Å². The minimum atomic E-state index is 0.107. The van der Waals surface area contributed by atoms with E-state index in [9.17, 15) is 4.79 Å². The van der Waals surface area contributed by atoms with Crippen molar-refractivity contribution in [3.8, 4) is 0 Å². The molecule has 0 spiro atoms. The van der Waals surface area contributed by atoms with E-state index in [1.807, 2.05) is 11.3 Å². The smallest absolute Gasteiger partial charge is 0.221 e. The van der Waals surface area contributed by atoms with E-state index in [4.69, 9.17) is 5.73 Å². The third-order valence-corrected chi connectivity index (χ3v) is 5.77. The number of hydrogen-bond donors (Lipinski definition) is 2. The second-order valence-electron chi connectivity index (χ2n) is 6.05. The third kappa shape index (κ3) is 2.56. The first-order valence-corrected chi connectivity index (χ1v) is 8.16. The molecule has 19 heavy (non-hydrogen) atoms. The van der Waals surface area contributed by atoms with Gasteiger partial charge in [0.15, 0.2) is 0 Å². The van der Waals surface area contributed by atoms with Gasteiger partial charge in [-0.15, -0.1) is 11.3 Å². The van der Waals surface area contributed by atoms with Gasteiger partial charge in [0.1, 0.15) is 0 Å². The van der Waals surface area contributed by atoms with E-state index in [0.717, 1.165) is 19.3 Å². The molecule has 0 radical (unpaired) electrons. The van der Waals surface area contributed by atoms with E-state index in [-0.39, 0.29) is 17.4 Å². The topological polar surface area (TPSA) is 55.1 Å². The van der Waals surface area contributed by atoms with E-state index >= 15 is 0 Å². The second-order valence-corrected chi connectivity index (χ2v) is 7.05. The molecular weight excluding hydrogens is 256 g/mol. The lowest BCUT2D eigenvalue weighted by Gasteiger charge is -2.40. The Hall–Kier alpha value is -0.870. The van der Waals surface area contributed by atoms with Gasteiger partial charge in [-0.25, -0.2) is 0 Å². The first kappa shape index (κ1) is 13.1. The molecule has 1 heterocycles. The van der Waals surface area contributed by atoms with E-state index in [2.05, 4.69) is 16.8 Å². The van der Waals surface area contributed by atoms with Crippen LogP contribution in [-0.2, 0) is 11.2 Å². The molecular formula is C15H22N2OS. The largest absolute Gasteiger partial charge is 0.349 e. The molecule has 3 nitrogen and oxygen atoms in total. The Kier molecular flexibility index (Phi) is 3.63. The molecule has 1 fully saturated rings. The lowest BCUT2D eigenvalue weighted by Crippen LogP contribution is -2.42. The summed E-state index contributed by atoms with van der Waals surface area (Å²) in [6.45, 7) is 0.648. The highest BCUT2D eigenvalue weighted by Crippen LogP contribution is 2.43. The Labute approximate surface area is 118 Å². The zero-order valence-corrected chi connectivity index (χ0v) is 12.1. The van der Waals surface area contributed by atoms with Crippen LogP contribution in [0.2, 0.25) is 0 Å². The highest BCUT2D eigenvalue weighted by molar-refractivity contribution is 7.10. The molecule has 0 aliphatic heterocycles. The molecule has 104 valence electrons. The number of rotatable bonds is 4. The molecule has 1 atom stereocenters. The van der Waals surface area contributed by atoms with Gasteiger partial charge in [0, 0.05) is 11.3 Å².